The van der Waals surface area contributed by atoms with Crippen molar-refractivity contribution in [3.05, 3.63) is 59.2 Å². The van der Waals surface area contributed by atoms with E-state index in [1.54, 1.807) is 19.4 Å². The number of hydrogen-bond donors (Lipinski definition) is 2. The zero-order chi connectivity index (χ0) is 21.3. The summed E-state index contributed by atoms with van der Waals surface area (Å²) in [6.07, 6.45) is 1.54. The molecule has 0 radical (unpaired) electrons. The smallest absolute Gasteiger partial charge is 0.250 e. The number of nitrogens with one attached hydrogen (secondary N) is 1. The number of carbonyl (C=O) groups excluding carboxylic acids is 1. The number of ether oxygens (including phenoxy) is 2. The molecule has 1 aromatic heterocycles. The first kappa shape index (κ1) is 21.6. The first-order valence-electron chi connectivity index (χ1n) is 8.93. The van der Waals surface area contributed by atoms with Gasteiger partial charge < -0.3 is 15.2 Å². The Labute approximate surface area is 182 Å². The van der Waals surface area contributed by atoms with Crippen LogP contribution in [0.5, 0.6) is 11.5 Å². The van der Waals surface area contributed by atoms with Gasteiger partial charge in [0.15, 0.2) is 15.8 Å². The number of methoxy groups -OCH3 is 1. The Morgan fingerprint density at radius 1 is 1.27 bits per heavy atom. The number of rotatable bonds is 9. The number of hydrogen-bond acceptors (Lipinski definition) is 9. The van der Waals surface area contributed by atoms with Crippen molar-refractivity contribution in [2.24, 2.45) is 5.10 Å². The lowest BCUT2D eigenvalue weighted by Gasteiger charge is -2.11. The van der Waals surface area contributed by atoms with E-state index in [9.17, 15) is 4.79 Å². The first-order chi connectivity index (χ1) is 14.5. The maximum atomic E-state index is 11.9. The molecule has 0 bridgehead atoms. The zero-order valence-electron chi connectivity index (χ0n) is 16.5. The molecule has 0 saturated heterocycles. The topological polar surface area (TPSA) is 112 Å². The fraction of sp³-hybridized carbons (Fsp3) is 0.200. The van der Waals surface area contributed by atoms with Gasteiger partial charge in [0.05, 0.1) is 19.1 Å². The van der Waals surface area contributed by atoms with Crippen LogP contribution in [0.25, 0.3) is 0 Å². The average molecular weight is 444 g/mol. The summed E-state index contributed by atoms with van der Waals surface area (Å²) in [4.78, 5) is 11.9. The minimum Gasteiger partial charge on any atom is -0.493 e. The number of benzene rings is 2. The fourth-order valence-corrected chi connectivity index (χ4v) is 3.89. The molecule has 0 spiro atoms. The van der Waals surface area contributed by atoms with Crippen LogP contribution in [-0.2, 0) is 11.4 Å². The van der Waals surface area contributed by atoms with Gasteiger partial charge in [0, 0.05) is 0 Å². The summed E-state index contributed by atoms with van der Waals surface area (Å²) in [7, 11) is 1.58. The van der Waals surface area contributed by atoms with E-state index in [0.717, 1.165) is 11.1 Å². The number of nitrogens with two attached hydrogens (primary N) is 1. The van der Waals surface area contributed by atoms with Crippen molar-refractivity contribution < 1.29 is 14.3 Å². The lowest BCUT2D eigenvalue weighted by Crippen LogP contribution is -2.19. The molecule has 0 aliphatic heterocycles. The minimum absolute atomic E-state index is 0.168. The molecule has 1 heterocycles. The van der Waals surface area contributed by atoms with E-state index in [-0.39, 0.29) is 11.7 Å². The van der Waals surface area contributed by atoms with E-state index in [0.29, 0.717) is 27.6 Å². The molecule has 10 heteroatoms. The highest BCUT2D eigenvalue weighted by molar-refractivity contribution is 8.01. The normalized spacial score (nSPS) is 10.9. The van der Waals surface area contributed by atoms with E-state index in [1.165, 1.54) is 28.7 Å². The van der Waals surface area contributed by atoms with E-state index in [1.807, 2.05) is 37.3 Å². The molecular formula is C20H21N5O3S2. The second kappa shape index (κ2) is 10.6. The molecule has 0 saturated carbocycles. The van der Waals surface area contributed by atoms with Crippen LogP contribution in [-0.4, -0.2) is 35.2 Å². The Balaban J connectivity index is 1.52. The van der Waals surface area contributed by atoms with Gasteiger partial charge in [0.2, 0.25) is 5.13 Å². The molecule has 156 valence electrons. The summed E-state index contributed by atoms with van der Waals surface area (Å²) in [5.41, 5.74) is 11.0. The number of aryl methyl sites for hydroxylation is 1. The summed E-state index contributed by atoms with van der Waals surface area (Å²) in [5, 5.41) is 11.9. The lowest BCUT2D eigenvalue weighted by atomic mass is 10.1. The summed E-state index contributed by atoms with van der Waals surface area (Å²) < 4.78 is 11.9. The Morgan fingerprint density at radius 3 is 2.87 bits per heavy atom. The Kier molecular flexibility index (Phi) is 7.63. The zero-order valence-corrected chi connectivity index (χ0v) is 18.1. The quantitative estimate of drug-likeness (QED) is 0.297. The molecule has 3 rings (SSSR count). The number of aromatic nitrogens is 2. The van der Waals surface area contributed by atoms with Crippen molar-refractivity contribution in [2.75, 3.05) is 18.6 Å². The molecule has 8 nitrogen and oxygen atoms in total. The van der Waals surface area contributed by atoms with Gasteiger partial charge in [-0.3, -0.25) is 4.79 Å². The SMILES string of the molecule is COc1cc(C=NNC(=O)CSc2nnc(N)s2)ccc1OCc1cccc(C)c1. The molecule has 0 unspecified atom stereocenters. The second-order valence-electron chi connectivity index (χ2n) is 6.18. The van der Waals surface area contributed by atoms with Crippen LogP contribution in [0, 0.1) is 6.92 Å². The van der Waals surface area contributed by atoms with Gasteiger partial charge in [-0.25, -0.2) is 5.43 Å². The van der Waals surface area contributed by atoms with Crippen molar-refractivity contribution in [1.82, 2.24) is 15.6 Å². The summed E-state index contributed by atoms with van der Waals surface area (Å²) >= 11 is 2.48. The van der Waals surface area contributed by atoms with Gasteiger partial charge in [0.25, 0.3) is 5.91 Å². The number of nitrogens with zero attached hydrogens (tertiary/aromatic N) is 3. The lowest BCUT2D eigenvalue weighted by molar-refractivity contribution is -0.118. The molecule has 0 atom stereocenters. The third-order valence-electron chi connectivity index (χ3n) is 3.82. The fourth-order valence-electron chi connectivity index (χ4n) is 2.46. The van der Waals surface area contributed by atoms with Gasteiger partial charge in [-0.2, -0.15) is 5.10 Å². The summed E-state index contributed by atoms with van der Waals surface area (Å²) in [6.45, 7) is 2.49. The number of hydrazone groups is 1. The van der Waals surface area contributed by atoms with Gasteiger partial charge >= 0.3 is 0 Å². The van der Waals surface area contributed by atoms with Crippen molar-refractivity contribution in [3.8, 4) is 11.5 Å². The van der Waals surface area contributed by atoms with Crippen LogP contribution in [0.4, 0.5) is 5.13 Å². The number of thioether (sulfide) groups is 1. The monoisotopic (exact) mass is 443 g/mol. The maximum Gasteiger partial charge on any atom is 0.250 e. The number of amides is 1. The standard InChI is InChI=1S/C20H21N5O3S2/c1-13-4-3-5-15(8-13)11-28-16-7-6-14(9-17(16)27-2)10-22-23-18(26)12-29-20-25-24-19(21)30-20/h3-10H,11-12H2,1-2H3,(H2,21,24)(H,23,26). The minimum atomic E-state index is -0.255. The van der Waals surface area contributed by atoms with Crippen molar-refractivity contribution in [1.29, 1.82) is 0 Å². The van der Waals surface area contributed by atoms with Crippen LogP contribution < -0.4 is 20.6 Å². The number of nitrogen functional groups attached to an aromatic ring is 1. The van der Waals surface area contributed by atoms with Crippen molar-refractivity contribution in [3.63, 3.8) is 0 Å². The highest BCUT2D eigenvalue weighted by Crippen LogP contribution is 2.28. The number of carbonyl (C=O) groups is 1. The molecule has 3 N–H and O–H groups in total. The van der Waals surface area contributed by atoms with Crippen LogP contribution in [0.3, 0.4) is 0 Å². The van der Waals surface area contributed by atoms with E-state index >= 15 is 0 Å². The van der Waals surface area contributed by atoms with Crippen LogP contribution in [0.1, 0.15) is 16.7 Å². The van der Waals surface area contributed by atoms with Crippen LogP contribution in [0.15, 0.2) is 51.9 Å². The molecule has 2 aromatic carbocycles. The van der Waals surface area contributed by atoms with Gasteiger partial charge in [-0.05, 0) is 36.2 Å². The average Bonchev–Trinajstić information content (AvgIpc) is 3.16. The summed E-state index contributed by atoms with van der Waals surface area (Å²) in [6, 6.07) is 13.6. The third kappa shape index (κ3) is 6.46. The van der Waals surface area contributed by atoms with Crippen molar-refractivity contribution >= 4 is 40.4 Å². The Bertz CT molecular complexity index is 1040. The first-order valence-corrected chi connectivity index (χ1v) is 10.7. The van der Waals surface area contributed by atoms with E-state index < -0.39 is 0 Å². The Hall–Kier alpha value is -3.11. The molecule has 3 aromatic rings. The molecule has 0 aliphatic carbocycles. The summed E-state index contributed by atoms with van der Waals surface area (Å²) in [5.74, 6) is 1.13. The molecule has 0 fully saturated rings. The highest BCUT2D eigenvalue weighted by atomic mass is 32.2. The van der Waals surface area contributed by atoms with Crippen LogP contribution in [0.2, 0.25) is 0 Å². The van der Waals surface area contributed by atoms with Gasteiger partial charge in [0.1, 0.15) is 6.61 Å². The predicted molar refractivity (Wildman–Crippen MR) is 119 cm³/mol. The maximum absolute atomic E-state index is 11.9. The van der Waals surface area contributed by atoms with E-state index in [4.69, 9.17) is 15.2 Å². The molecular weight excluding hydrogens is 422 g/mol. The largest absolute Gasteiger partial charge is 0.493 e. The Morgan fingerprint density at radius 2 is 2.13 bits per heavy atom. The van der Waals surface area contributed by atoms with Crippen LogP contribution >= 0.6 is 23.1 Å². The third-order valence-corrected chi connectivity index (χ3v) is 5.70. The van der Waals surface area contributed by atoms with E-state index in [2.05, 4.69) is 26.8 Å². The predicted octanol–water partition coefficient (Wildman–Crippen LogP) is 3.26. The molecule has 1 amide bonds. The second-order valence-corrected chi connectivity index (χ2v) is 8.41. The molecule has 30 heavy (non-hydrogen) atoms. The van der Waals surface area contributed by atoms with Gasteiger partial charge in [-0.15, -0.1) is 10.2 Å². The van der Waals surface area contributed by atoms with Crippen molar-refractivity contribution in [2.45, 2.75) is 17.9 Å². The highest BCUT2D eigenvalue weighted by Gasteiger charge is 2.07. The molecule has 0 aliphatic rings. The van der Waals surface area contributed by atoms with Gasteiger partial charge in [-0.1, -0.05) is 52.9 Å². The number of anilines is 1.